The van der Waals surface area contributed by atoms with Gasteiger partial charge in [0, 0.05) is 11.1 Å². The minimum atomic E-state index is -6.70. The lowest BCUT2D eigenvalue weighted by Crippen LogP contribution is -2.50. The molecule has 0 radical (unpaired) electrons. The van der Waals surface area contributed by atoms with Gasteiger partial charge in [-0.1, -0.05) is 36.3 Å². The highest BCUT2D eigenvalue weighted by molar-refractivity contribution is 6.09. The maximum Gasteiger partial charge on any atom is 0.435 e. The molecule has 0 spiro atoms. The van der Waals surface area contributed by atoms with Crippen molar-refractivity contribution in [3.63, 3.8) is 0 Å². The molecule has 4 nitrogen and oxygen atoms in total. The van der Waals surface area contributed by atoms with E-state index in [4.69, 9.17) is 6.42 Å². The minimum Gasteiger partial charge on any atom is -0.321 e. The number of alkyl halides is 10. The summed E-state index contributed by atoms with van der Waals surface area (Å²) < 4.78 is 149. The van der Waals surface area contributed by atoms with Crippen LogP contribution in [0.15, 0.2) is 66.7 Å². The fourth-order valence-corrected chi connectivity index (χ4v) is 3.78. The third-order valence-corrected chi connectivity index (χ3v) is 5.78. The molecule has 3 aromatic carbocycles. The summed E-state index contributed by atoms with van der Waals surface area (Å²) in [6, 6.07) is 9.09. The molecule has 0 atom stereocenters. The van der Waals surface area contributed by atoms with Gasteiger partial charge in [-0.05, 0) is 36.4 Å². The van der Waals surface area contributed by atoms with Gasteiger partial charge in [0.15, 0.2) is 5.82 Å². The molecular weight excluding hydrogens is 593 g/mol. The van der Waals surface area contributed by atoms with Crippen LogP contribution in [0.4, 0.5) is 59.7 Å². The fourth-order valence-electron chi connectivity index (χ4n) is 3.78. The SMILES string of the molecule is C#CCN(C(=O)c1ccccc1)c1cccc(C(=O)Nc2ccc(C(F)(C(F)(F)F)C(F)(F)F)cc2C(F)(F)F)c1F. The summed E-state index contributed by atoms with van der Waals surface area (Å²) in [5.41, 5.74) is -13.8. The van der Waals surface area contributed by atoms with Gasteiger partial charge in [-0.25, -0.2) is 8.78 Å². The van der Waals surface area contributed by atoms with Crippen LogP contribution in [0.3, 0.4) is 0 Å². The maximum atomic E-state index is 15.4. The quantitative estimate of drug-likeness (QED) is 0.231. The number of amides is 2. The number of nitrogens with one attached hydrogen (secondary N) is 1. The standard InChI is InChI=1S/C27H15F11N2O2/c1-2-13-40(23(42)15-7-4-3-5-8-15)20-10-6-9-17(21(20)28)22(41)39-19-12-11-16(14-18(19)25(30,31)32)24(29,26(33,34)35)27(36,37)38/h1,3-12,14H,13H2,(H,39,41). The summed E-state index contributed by atoms with van der Waals surface area (Å²) in [6.45, 7) is -0.515. The Morgan fingerprint density at radius 3 is 1.93 bits per heavy atom. The molecule has 0 saturated carbocycles. The van der Waals surface area contributed by atoms with Gasteiger partial charge in [0.1, 0.15) is 0 Å². The topological polar surface area (TPSA) is 49.4 Å². The highest BCUT2D eigenvalue weighted by Crippen LogP contribution is 2.54. The molecule has 0 fully saturated rings. The lowest BCUT2D eigenvalue weighted by Gasteiger charge is -2.31. The van der Waals surface area contributed by atoms with E-state index >= 15 is 4.39 Å². The number of carbonyl (C=O) groups excluding carboxylic acids is 2. The van der Waals surface area contributed by atoms with E-state index in [1.807, 2.05) is 0 Å². The Kier molecular flexibility index (Phi) is 8.62. The average molecular weight is 608 g/mol. The molecular formula is C27H15F11N2O2. The van der Waals surface area contributed by atoms with Crippen molar-refractivity contribution in [3.8, 4) is 12.3 Å². The molecule has 1 N–H and O–H groups in total. The smallest absolute Gasteiger partial charge is 0.321 e. The van der Waals surface area contributed by atoms with E-state index < -0.39 is 82.5 Å². The summed E-state index contributed by atoms with van der Waals surface area (Å²) in [4.78, 5) is 26.4. The Labute approximate surface area is 229 Å². The molecule has 222 valence electrons. The predicted octanol–water partition coefficient (Wildman–Crippen LogP) is 7.67. The van der Waals surface area contributed by atoms with Crippen LogP contribution in [-0.4, -0.2) is 30.7 Å². The summed E-state index contributed by atoms with van der Waals surface area (Å²) in [7, 11) is 0. The van der Waals surface area contributed by atoms with E-state index in [1.165, 1.54) is 24.3 Å². The van der Waals surface area contributed by atoms with Crippen molar-refractivity contribution in [1.82, 2.24) is 0 Å². The van der Waals surface area contributed by atoms with Gasteiger partial charge in [-0.15, -0.1) is 6.42 Å². The van der Waals surface area contributed by atoms with Crippen LogP contribution in [-0.2, 0) is 11.8 Å². The van der Waals surface area contributed by atoms with Crippen LogP contribution in [0.5, 0.6) is 0 Å². The fraction of sp³-hybridized carbons (Fsp3) is 0.185. The molecule has 0 aliphatic heterocycles. The third kappa shape index (κ3) is 6.02. The Hall–Kier alpha value is -4.61. The normalized spacial score (nSPS) is 12.4. The van der Waals surface area contributed by atoms with Crippen LogP contribution in [0.1, 0.15) is 31.8 Å². The summed E-state index contributed by atoms with van der Waals surface area (Å²) in [6.07, 6.45) is -13.8. The largest absolute Gasteiger partial charge is 0.435 e. The number of carbonyl (C=O) groups is 2. The molecule has 0 aliphatic carbocycles. The number of benzene rings is 3. The number of hydrogen-bond acceptors (Lipinski definition) is 2. The zero-order valence-corrected chi connectivity index (χ0v) is 20.6. The van der Waals surface area contributed by atoms with Crippen molar-refractivity contribution in [2.24, 2.45) is 0 Å². The lowest BCUT2D eigenvalue weighted by atomic mass is 9.92. The molecule has 0 unspecified atom stereocenters. The molecule has 0 saturated heterocycles. The molecule has 0 aliphatic rings. The lowest BCUT2D eigenvalue weighted by molar-refractivity contribution is -0.348. The number of halogens is 11. The second-order valence-corrected chi connectivity index (χ2v) is 8.47. The molecule has 0 heterocycles. The first-order valence-electron chi connectivity index (χ1n) is 11.3. The Bertz CT molecular complexity index is 1510. The van der Waals surface area contributed by atoms with Gasteiger partial charge in [0.05, 0.1) is 29.0 Å². The van der Waals surface area contributed by atoms with Crippen molar-refractivity contribution >= 4 is 23.2 Å². The van der Waals surface area contributed by atoms with Crippen molar-refractivity contribution in [3.05, 3.63) is 94.8 Å². The maximum absolute atomic E-state index is 15.4. The van der Waals surface area contributed by atoms with Gasteiger partial charge in [-0.3, -0.25) is 14.5 Å². The molecule has 15 heteroatoms. The molecule has 42 heavy (non-hydrogen) atoms. The van der Waals surface area contributed by atoms with E-state index in [0.717, 1.165) is 23.1 Å². The van der Waals surface area contributed by atoms with Crippen LogP contribution in [0, 0.1) is 18.2 Å². The van der Waals surface area contributed by atoms with E-state index in [9.17, 15) is 53.5 Å². The number of hydrogen-bond donors (Lipinski definition) is 1. The van der Waals surface area contributed by atoms with Gasteiger partial charge in [-0.2, -0.15) is 39.5 Å². The Morgan fingerprint density at radius 2 is 1.40 bits per heavy atom. The van der Waals surface area contributed by atoms with Gasteiger partial charge >= 0.3 is 24.2 Å². The van der Waals surface area contributed by atoms with E-state index in [-0.39, 0.29) is 17.7 Å². The van der Waals surface area contributed by atoms with Crippen LogP contribution < -0.4 is 10.2 Å². The second-order valence-electron chi connectivity index (χ2n) is 8.47. The van der Waals surface area contributed by atoms with Crippen molar-refractivity contribution in [2.75, 3.05) is 16.8 Å². The monoisotopic (exact) mass is 608 g/mol. The second kappa shape index (κ2) is 11.3. The first-order valence-corrected chi connectivity index (χ1v) is 11.3. The molecule has 0 bridgehead atoms. The average Bonchev–Trinajstić information content (AvgIpc) is 2.90. The van der Waals surface area contributed by atoms with Crippen LogP contribution >= 0.6 is 0 Å². The third-order valence-electron chi connectivity index (χ3n) is 5.78. The van der Waals surface area contributed by atoms with Gasteiger partial charge in [0.2, 0.25) is 0 Å². The van der Waals surface area contributed by atoms with Gasteiger partial charge in [0.25, 0.3) is 11.8 Å². The number of nitrogens with zero attached hydrogens (tertiary/aromatic N) is 1. The molecule has 3 rings (SSSR count). The van der Waals surface area contributed by atoms with E-state index in [0.29, 0.717) is 0 Å². The molecule has 2 amide bonds. The summed E-state index contributed by atoms with van der Waals surface area (Å²) >= 11 is 0. The number of terminal acetylenes is 1. The van der Waals surface area contributed by atoms with E-state index in [1.54, 1.807) is 11.4 Å². The number of rotatable bonds is 6. The highest BCUT2D eigenvalue weighted by Gasteiger charge is 2.73. The van der Waals surface area contributed by atoms with Crippen LogP contribution in [0.25, 0.3) is 0 Å². The number of anilines is 2. The zero-order chi connectivity index (χ0) is 31.7. The first kappa shape index (κ1) is 31.9. The Balaban J connectivity index is 2.07. The first-order chi connectivity index (χ1) is 19.3. The molecule has 0 aromatic heterocycles. The minimum absolute atomic E-state index is 0.0345. The Morgan fingerprint density at radius 1 is 0.810 bits per heavy atom. The zero-order valence-electron chi connectivity index (χ0n) is 20.6. The predicted molar refractivity (Wildman–Crippen MR) is 128 cm³/mol. The van der Waals surface area contributed by atoms with Crippen molar-refractivity contribution in [2.45, 2.75) is 24.2 Å². The van der Waals surface area contributed by atoms with E-state index in [2.05, 4.69) is 5.92 Å². The summed E-state index contributed by atoms with van der Waals surface area (Å²) in [5.74, 6) is -1.79. The summed E-state index contributed by atoms with van der Waals surface area (Å²) in [5, 5.41) is 1.56. The van der Waals surface area contributed by atoms with Crippen molar-refractivity contribution in [1.29, 1.82) is 0 Å². The van der Waals surface area contributed by atoms with Crippen molar-refractivity contribution < 1.29 is 57.9 Å². The highest BCUT2D eigenvalue weighted by atomic mass is 19.4. The van der Waals surface area contributed by atoms with Crippen LogP contribution in [0.2, 0.25) is 0 Å². The van der Waals surface area contributed by atoms with Gasteiger partial charge < -0.3 is 5.32 Å². The molecule has 3 aromatic rings.